The van der Waals surface area contributed by atoms with Crippen molar-refractivity contribution in [3.63, 3.8) is 0 Å². The average molecular weight is 338 g/mol. The Kier molecular flexibility index (Phi) is 3.82. The third-order valence-electron chi connectivity index (χ3n) is 4.04. The molecule has 8 nitrogen and oxygen atoms in total. The zero-order valence-corrected chi connectivity index (χ0v) is 13.2. The van der Waals surface area contributed by atoms with Crippen molar-refractivity contribution in [3.8, 4) is 11.6 Å². The SMILES string of the molecule is C[n+]1cc2ccccc2c2nn(-c3ccc([N+](=O)[O-])cc3)c(O)c21.[OH-]. The second kappa shape index (κ2) is 5.84. The average Bonchev–Trinajstić information content (AvgIpc) is 2.93. The highest BCUT2D eigenvalue weighted by Gasteiger charge is 2.23. The fourth-order valence-corrected chi connectivity index (χ4v) is 2.90. The van der Waals surface area contributed by atoms with E-state index in [1.54, 1.807) is 12.1 Å². The van der Waals surface area contributed by atoms with Crippen molar-refractivity contribution in [2.24, 2.45) is 7.05 Å². The maximum absolute atomic E-state index is 10.8. The Morgan fingerprint density at radius 1 is 1.16 bits per heavy atom. The minimum absolute atomic E-state index is 0. The second-order valence-corrected chi connectivity index (χ2v) is 5.53. The first-order valence-corrected chi connectivity index (χ1v) is 7.30. The summed E-state index contributed by atoms with van der Waals surface area (Å²) in [7, 11) is 1.84. The van der Waals surface area contributed by atoms with E-state index in [9.17, 15) is 15.2 Å². The Morgan fingerprint density at radius 2 is 1.84 bits per heavy atom. The van der Waals surface area contributed by atoms with Crippen LogP contribution in [0.15, 0.2) is 54.7 Å². The molecule has 0 spiro atoms. The molecule has 0 unspecified atom stereocenters. The van der Waals surface area contributed by atoms with Crippen molar-refractivity contribution < 1.29 is 20.1 Å². The van der Waals surface area contributed by atoms with Gasteiger partial charge in [0.1, 0.15) is 7.05 Å². The highest BCUT2D eigenvalue weighted by molar-refractivity contribution is 6.02. The molecule has 8 heteroatoms. The van der Waals surface area contributed by atoms with Crippen LogP contribution in [-0.4, -0.2) is 25.3 Å². The number of aryl methyl sites for hydroxylation is 1. The number of fused-ring (bicyclic) bond motifs is 3. The zero-order valence-electron chi connectivity index (χ0n) is 13.2. The Labute approximate surface area is 141 Å². The van der Waals surface area contributed by atoms with Gasteiger partial charge in [-0.05, 0) is 18.2 Å². The number of nitro benzene ring substituents is 1. The summed E-state index contributed by atoms with van der Waals surface area (Å²) in [6.45, 7) is 0. The number of hydrogen-bond donors (Lipinski definition) is 1. The van der Waals surface area contributed by atoms with Crippen molar-refractivity contribution in [3.05, 3.63) is 64.8 Å². The van der Waals surface area contributed by atoms with Gasteiger partial charge in [0.25, 0.3) is 17.1 Å². The molecule has 0 saturated carbocycles. The number of aromatic hydroxyl groups is 1. The Bertz CT molecular complexity index is 1100. The molecule has 0 aliphatic carbocycles. The fourth-order valence-electron chi connectivity index (χ4n) is 2.90. The largest absolute Gasteiger partial charge is 0.870 e. The molecular formula is C17H14N4O4. The maximum atomic E-state index is 10.8. The number of benzene rings is 2. The predicted molar refractivity (Wildman–Crippen MR) is 90.0 cm³/mol. The summed E-state index contributed by atoms with van der Waals surface area (Å²) in [5.74, 6) is -0.00731. The quantitative estimate of drug-likeness (QED) is 0.342. The van der Waals surface area contributed by atoms with Crippen LogP contribution in [-0.2, 0) is 7.05 Å². The van der Waals surface area contributed by atoms with E-state index in [2.05, 4.69) is 5.10 Å². The van der Waals surface area contributed by atoms with Crippen LogP contribution in [0.3, 0.4) is 0 Å². The summed E-state index contributed by atoms with van der Waals surface area (Å²) in [4.78, 5) is 10.3. The van der Waals surface area contributed by atoms with Crippen molar-refractivity contribution in [2.75, 3.05) is 0 Å². The van der Waals surface area contributed by atoms with Gasteiger partial charge in [0, 0.05) is 22.9 Å². The minimum Gasteiger partial charge on any atom is -0.870 e. The number of nitrogens with zero attached hydrogens (tertiary/aromatic N) is 4. The van der Waals surface area contributed by atoms with E-state index in [1.807, 2.05) is 42.1 Å². The van der Waals surface area contributed by atoms with Crippen molar-refractivity contribution in [1.29, 1.82) is 0 Å². The van der Waals surface area contributed by atoms with Gasteiger partial charge >= 0.3 is 0 Å². The number of rotatable bonds is 2. The summed E-state index contributed by atoms with van der Waals surface area (Å²) >= 11 is 0. The number of aromatic nitrogens is 3. The highest BCUT2D eigenvalue weighted by Crippen LogP contribution is 2.30. The molecular weight excluding hydrogens is 324 g/mol. The molecule has 0 aliphatic rings. The first kappa shape index (κ1) is 16.3. The molecule has 0 radical (unpaired) electrons. The molecule has 2 heterocycles. The molecule has 25 heavy (non-hydrogen) atoms. The molecule has 4 aromatic rings. The number of hydrogen-bond acceptors (Lipinski definition) is 5. The van der Waals surface area contributed by atoms with Gasteiger partial charge in [0.05, 0.1) is 10.6 Å². The lowest BCUT2D eigenvalue weighted by Gasteiger charge is -2.01. The highest BCUT2D eigenvalue weighted by atomic mass is 16.6. The maximum Gasteiger partial charge on any atom is 0.296 e. The van der Waals surface area contributed by atoms with Crippen LogP contribution in [0.2, 0.25) is 0 Å². The van der Waals surface area contributed by atoms with Gasteiger partial charge in [-0.15, -0.1) is 0 Å². The van der Waals surface area contributed by atoms with Crippen molar-refractivity contribution in [2.45, 2.75) is 0 Å². The topological polar surface area (TPSA) is 115 Å². The molecule has 0 bridgehead atoms. The van der Waals surface area contributed by atoms with Gasteiger partial charge < -0.3 is 10.6 Å². The Morgan fingerprint density at radius 3 is 2.52 bits per heavy atom. The van der Waals surface area contributed by atoms with Crippen LogP contribution in [0.25, 0.3) is 27.5 Å². The molecule has 2 aromatic carbocycles. The minimum atomic E-state index is -0.462. The van der Waals surface area contributed by atoms with Crippen molar-refractivity contribution >= 4 is 27.5 Å². The molecule has 2 aromatic heterocycles. The molecule has 2 N–H and O–H groups in total. The zero-order chi connectivity index (χ0) is 16.8. The smallest absolute Gasteiger partial charge is 0.296 e. The van der Waals surface area contributed by atoms with Crippen LogP contribution < -0.4 is 4.57 Å². The second-order valence-electron chi connectivity index (χ2n) is 5.53. The van der Waals surface area contributed by atoms with Crippen LogP contribution >= 0.6 is 0 Å². The lowest BCUT2D eigenvalue weighted by atomic mass is 10.1. The van der Waals surface area contributed by atoms with Gasteiger partial charge in [0.15, 0.2) is 11.7 Å². The molecule has 0 atom stereocenters. The van der Waals surface area contributed by atoms with E-state index >= 15 is 0 Å². The van der Waals surface area contributed by atoms with Crippen LogP contribution in [0.4, 0.5) is 5.69 Å². The molecule has 0 saturated heterocycles. The number of non-ortho nitro benzene ring substituents is 1. The van der Waals surface area contributed by atoms with Crippen LogP contribution in [0.1, 0.15) is 0 Å². The van der Waals surface area contributed by atoms with Gasteiger partial charge in [-0.3, -0.25) is 10.1 Å². The van der Waals surface area contributed by atoms with E-state index in [4.69, 9.17) is 0 Å². The van der Waals surface area contributed by atoms with Crippen LogP contribution in [0.5, 0.6) is 5.88 Å². The molecule has 0 amide bonds. The third-order valence-corrected chi connectivity index (χ3v) is 4.04. The summed E-state index contributed by atoms with van der Waals surface area (Å²) in [5.41, 5.74) is 1.82. The summed E-state index contributed by atoms with van der Waals surface area (Å²) < 4.78 is 3.21. The lowest BCUT2D eigenvalue weighted by Crippen LogP contribution is -2.27. The van der Waals surface area contributed by atoms with Gasteiger partial charge in [0.2, 0.25) is 0 Å². The standard InChI is InChI=1S/C17H12N4O3.H2O/c1-19-10-11-4-2-3-5-14(11)15-16(19)17(22)20(18-15)12-6-8-13(9-7-12)21(23)24;/h2-10H,1H3;1H2. The molecule has 0 aliphatic heterocycles. The van der Waals surface area contributed by atoms with E-state index in [1.165, 1.54) is 16.8 Å². The van der Waals surface area contributed by atoms with Gasteiger partial charge in [-0.25, -0.2) is 0 Å². The third kappa shape index (κ3) is 2.45. The van der Waals surface area contributed by atoms with E-state index in [0.717, 1.165) is 10.8 Å². The molecule has 4 rings (SSSR count). The summed E-state index contributed by atoms with van der Waals surface area (Å²) in [6, 6.07) is 13.7. The predicted octanol–water partition coefficient (Wildman–Crippen LogP) is 2.44. The monoisotopic (exact) mass is 338 g/mol. The Balaban J connectivity index is 0.00000182. The first-order chi connectivity index (χ1) is 11.6. The van der Waals surface area contributed by atoms with E-state index in [0.29, 0.717) is 16.7 Å². The first-order valence-electron chi connectivity index (χ1n) is 7.30. The summed E-state index contributed by atoms with van der Waals surface area (Å²) in [5, 5.41) is 27.9. The van der Waals surface area contributed by atoms with Crippen molar-refractivity contribution in [1.82, 2.24) is 9.78 Å². The normalized spacial score (nSPS) is 10.8. The lowest BCUT2D eigenvalue weighted by molar-refractivity contribution is -0.643. The summed E-state index contributed by atoms with van der Waals surface area (Å²) in [6.07, 6.45) is 1.93. The van der Waals surface area contributed by atoms with Gasteiger partial charge in [-0.2, -0.15) is 14.3 Å². The Hall–Kier alpha value is -3.52. The fraction of sp³-hybridized carbons (Fsp3) is 0.0588. The van der Waals surface area contributed by atoms with Crippen LogP contribution in [0, 0.1) is 10.1 Å². The van der Waals surface area contributed by atoms with E-state index in [-0.39, 0.29) is 17.0 Å². The number of nitro groups is 1. The number of pyridine rings is 1. The molecule has 126 valence electrons. The molecule has 0 fully saturated rings. The van der Waals surface area contributed by atoms with E-state index < -0.39 is 4.92 Å². The van der Waals surface area contributed by atoms with Gasteiger partial charge in [-0.1, -0.05) is 18.2 Å².